The number of hydrogen-bond donors (Lipinski definition) is 0. The summed E-state index contributed by atoms with van der Waals surface area (Å²) in [4.78, 5) is 14.6. The second-order valence-corrected chi connectivity index (χ2v) is 7.39. The van der Waals surface area contributed by atoms with E-state index in [1.807, 2.05) is 29.2 Å². The lowest BCUT2D eigenvalue weighted by Crippen LogP contribution is -2.30. The number of carbonyl (C=O) groups is 1. The van der Waals surface area contributed by atoms with Crippen LogP contribution in [-0.2, 0) is 11.3 Å². The van der Waals surface area contributed by atoms with Crippen LogP contribution in [0.25, 0.3) is 5.57 Å². The molecule has 3 heteroatoms. The van der Waals surface area contributed by atoms with E-state index in [9.17, 15) is 4.79 Å². The van der Waals surface area contributed by atoms with Gasteiger partial charge < -0.3 is 4.74 Å². The SMILES string of the molecule is CCCCCC/C(=C(/CCC)N(Cc1ccccc1)C(=O)OC)c1ccccc1. The first-order chi connectivity index (χ1) is 14.2. The molecule has 0 aliphatic carbocycles. The molecule has 0 spiro atoms. The summed E-state index contributed by atoms with van der Waals surface area (Å²) >= 11 is 0. The van der Waals surface area contributed by atoms with Crippen LogP contribution < -0.4 is 0 Å². The first-order valence-corrected chi connectivity index (χ1v) is 10.9. The number of nitrogens with zero attached hydrogens (tertiary/aromatic N) is 1. The van der Waals surface area contributed by atoms with Gasteiger partial charge in [0.25, 0.3) is 0 Å². The molecule has 0 aliphatic rings. The summed E-state index contributed by atoms with van der Waals surface area (Å²) in [5, 5.41) is 0. The minimum absolute atomic E-state index is 0.292. The van der Waals surface area contributed by atoms with Crippen LogP contribution in [0, 0.1) is 0 Å². The zero-order chi connectivity index (χ0) is 20.9. The van der Waals surface area contributed by atoms with Gasteiger partial charge in [-0.2, -0.15) is 0 Å². The maximum absolute atomic E-state index is 12.8. The fourth-order valence-electron chi connectivity index (χ4n) is 3.66. The third kappa shape index (κ3) is 7.08. The molecular formula is C26H35NO2. The van der Waals surface area contributed by atoms with Crippen LogP contribution in [0.4, 0.5) is 4.79 Å². The van der Waals surface area contributed by atoms with Crippen LogP contribution in [0.3, 0.4) is 0 Å². The van der Waals surface area contributed by atoms with E-state index in [0.717, 1.165) is 36.9 Å². The molecule has 0 saturated carbocycles. The fourth-order valence-corrected chi connectivity index (χ4v) is 3.66. The van der Waals surface area contributed by atoms with Gasteiger partial charge in [-0.3, -0.25) is 4.90 Å². The molecule has 3 nitrogen and oxygen atoms in total. The van der Waals surface area contributed by atoms with Crippen molar-refractivity contribution in [2.75, 3.05) is 7.11 Å². The van der Waals surface area contributed by atoms with Gasteiger partial charge in [0.2, 0.25) is 0 Å². The van der Waals surface area contributed by atoms with Crippen molar-refractivity contribution in [3.8, 4) is 0 Å². The molecule has 2 rings (SSSR count). The van der Waals surface area contributed by atoms with Crippen LogP contribution in [-0.4, -0.2) is 18.1 Å². The monoisotopic (exact) mass is 393 g/mol. The Morgan fingerprint density at radius 1 is 0.828 bits per heavy atom. The Hall–Kier alpha value is -2.55. The van der Waals surface area contributed by atoms with Crippen molar-refractivity contribution >= 4 is 11.7 Å². The van der Waals surface area contributed by atoms with Crippen LogP contribution in [0.2, 0.25) is 0 Å². The third-order valence-corrected chi connectivity index (χ3v) is 5.14. The van der Waals surface area contributed by atoms with Gasteiger partial charge >= 0.3 is 6.09 Å². The molecule has 0 heterocycles. The number of benzene rings is 2. The number of methoxy groups -OCH3 is 1. The lowest BCUT2D eigenvalue weighted by molar-refractivity contribution is 0.132. The highest BCUT2D eigenvalue weighted by molar-refractivity contribution is 5.76. The number of rotatable bonds is 11. The Kier molecular flexibility index (Phi) is 10.1. The van der Waals surface area contributed by atoms with Gasteiger partial charge in [0, 0.05) is 5.70 Å². The summed E-state index contributed by atoms with van der Waals surface area (Å²) in [6, 6.07) is 20.6. The molecule has 2 aromatic rings. The Morgan fingerprint density at radius 2 is 1.48 bits per heavy atom. The summed E-state index contributed by atoms with van der Waals surface area (Å²) in [5.41, 5.74) is 4.66. The third-order valence-electron chi connectivity index (χ3n) is 5.14. The van der Waals surface area contributed by atoms with Crippen molar-refractivity contribution in [2.45, 2.75) is 65.3 Å². The predicted octanol–water partition coefficient (Wildman–Crippen LogP) is 7.44. The lowest BCUT2D eigenvalue weighted by Gasteiger charge is -2.28. The average molecular weight is 394 g/mol. The maximum Gasteiger partial charge on any atom is 0.414 e. The molecule has 0 aliphatic heterocycles. The van der Waals surface area contributed by atoms with E-state index >= 15 is 0 Å². The van der Waals surface area contributed by atoms with Crippen molar-refractivity contribution in [2.24, 2.45) is 0 Å². The maximum atomic E-state index is 12.8. The summed E-state index contributed by atoms with van der Waals surface area (Å²) in [7, 11) is 1.47. The predicted molar refractivity (Wildman–Crippen MR) is 121 cm³/mol. The quantitative estimate of drug-likeness (QED) is 0.371. The van der Waals surface area contributed by atoms with Crippen LogP contribution in [0.15, 0.2) is 66.4 Å². The van der Waals surface area contributed by atoms with E-state index in [4.69, 9.17) is 4.74 Å². The normalized spacial score (nSPS) is 11.7. The summed E-state index contributed by atoms with van der Waals surface area (Å²) in [5.74, 6) is 0. The van der Waals surface area contributed by atoms with Gasteiger partial charge in [0.1, 0.15) is 0 Å². The Morgan fingerprint density at radius 3 is 2.07 bits per heavy atom. The molecule has 29 heavy (non-hydrogen) atoms. The van der Waals surface area contributed by atoms with E-state index in [-0.39, 0.29) is 6.09 Å². The molecule has 0 saturated heterocycles. The zero-order valence-corrected chi connectivity index (χ0v) is 18.2. The minimum Gasteiger partial charge on any atom is -0.452 e. The van der Waals surface area contributed by atoms with Gasteiger partial charge in [0.15, 0.2) is 0 Å². The number of hydrogen-bond acceptors (Lipinski definition) is 2. The number of amides is 1. The molecule has 0 atom stereocenters. The molecule has 2 aromatic carbocycles. The van der Waals surface area contributed by atoms with Crippen molar-refractivity contribution in [3.63, 3.8) is 0 Å². The van der Waals surface area contributed by atoms with Crippen molar-refractivity contribution in [1.29, 1.82) is 0 Å². The van der Waals surface area contributed by atoms with Gasteiger partial charge in [-0.1, -0.05) is 100 Å². The first kappa shape index (κ1) is 22.7. The highest BCUT2D eigenvalue weighted by atomic mass is 16.5. The molecule has 1 amide bonds. The lowest BCUT2D eigenvalue weighted by atomic mass is 9.94. The van der Waals surface area contributed by atoms with E-state index < -0.39 is 0 Å². The molecule has 0 aromatic heterocycles. The standard InChI is InChI=1S/C26H35NO2/c1-4-6-7-14-20-24(23-18-12-9-13-19-23)25(15-5-2)27(26(28)29-3)21-22-16-10-8-11-17-22/h8-13,16-19H,4-7,14-15,20-21H2,1-3H3/b25-24+. The van der Waals surface area contributed by atoms with Gasteiger partial charge in [0.05, 0.1) is 13.7 Å². The molecule has 0 bridgehead atoms. The second kappa shape index (κ2) is 12.8. The Balaban J connectivity index is 2.48. The summed E-state index contributed by atoms with van der Waals surface area (Å²) in [6.45, 7) is 4.92. The minimum atomic E-state index is -0.292. The average Bonchev–Trinajstić information content (AvgIpc) is 2.77. The summed E-state index contributed by atoms with van der Waals surface area (Å²) < 4.78 is 5.19. The molecule has 0 N–H and O–H groups in total. The number of carbonyl (C=O) groups excluding carboxylic acids is 1. The van der Waals surface area contributed by atoms with Crippen LogP contribution >= 0.6 is 0 Å². The van der Waals surface area contributed by atoms with E-state index in [1.54, 1.807) is 0 Å². The van der Waals surface area contributed by atoms with Crippen molar-refractivity contribution < 1.29 is 9.53 Å². The number of allylic oxidation sites excluding steroid dienone is 2. The second-order valence-electron chi connectivity index (χ2n) is 7.39. The molecule has 0 radical (unpaired) electrons. The fraction of sp³-hybridized carbons (Fsp3) is 0.423. The van der Waals surface area contributed by atoms with E-state index in [2.05, 4.69) is 50.2 Å². The Bertz CT molecular complexity index is 753. The number of unbranched alkanes of at least 4 members (excludes halogenated alkanes) is 3. The smallest absolute Gasteiger partial charge is 0.414 e. The molecule has 156 valence electrons. The highest BCUT2D eigenvalue weighted by Gasteiger charge is 2.22. The molecule has 0 fully saturated rings. The van der Waals surface area contributed by atoms with Crippen LogP contribution in [0.1, 0.15) is 69.9 Å². The topological polar surface area (TPSA) is 29.5 Å². The zero-order valence-electron chi connectivity index (χ0n) is 18.2. The largest absolute Gasteiger partial charge is 0.452 e. The van der Waals surface area contributed by atoms with Gasteiger partial charge in [-0.05, 0) is 36.0 Å². The first-order valence-electron chi connectivity index (χ1n) is 10.9. The van der Waals surface area contributed by atoms with Crippen LogP contribution in [0.5, 0.6) is 0 Å². The molecule has 0 unspecified atom stereocenters. The van der Waals surface area contributed by atoms with Crippen molar-refractivity contribution in [1.82, 2.24) is 4.90 Å². The Labute approximate surface area is 176 Å². The number of ether oxygens (including phenoxy) is 1. The highest BCUT2D eigenvalue weighted by Crippen LogP contribution is 2.31. The van der Waals surface area contributed by atoms with Gasteiger partial charge in [-0.15, -0.1) is 0 Å². The molecular weight excluding hydrogens is 358 g/mol. The summed E-state index contributed by atoms with van der Waals surface area (Å²) in [6.07, 6.45) is 7.31. The van der Waals surface area contributed by atoms with Gasteiger partial charge in [-0.25, -0.2) is 4.79 Å². The van der Waals surface area contributed by atoms with Crippen molar-refractivity contribution in [3.05, 3.63) is 77.5 Å². The van der Waals surface area contributed by atoms with E-state index in [1.165, 1.54) is 37.5 Å². The van der Waals surface area contributed by atoms with E-state index in [0.29, 0.717) is 6.54 Å².